The van der Waals surface area contributed by atoms with Crippen LogP contribution in [-0.4, -0.2) is 130 Å². The Morgan fingerprint density at radius 3 is 1.90 bits per heavy atom. The first-order chi connectivity index (χ1) is 30.3. The first-order valence-corrected chi connectivity index (χ1v) is 21.6. The van der Waals surface area contributed by atoms with E-state index in [2.05, 4.69) is 30.8 Å². The van der Waals surface area contributed by atoms with E-state index in [4.69, 9.17) is 28.9 Å². The monoisotopic (exact) mass is 848 g/mol. The van der Waals surface area contributed by atoms with Gasteiger partial charge in [-0.05, 0) is 87.5 Å². The van der Waals surface area contributed by atoms with Crippen LogP contribution in [0.3, 0.4) is 0 Å². The number of methoxy groups -OCH3 is 2. The Bertz CT molecular complexity index is 2440. The maximum atomic E-state index is 14.1. The second-order valence-electron chi connectivity index (χ2n) is 16.5. The zero-order valence-electron chi connectivity index (χ0n) is 34.9. The lowest BCUT2D eigenvalue weighted by atomic mass is 9.90. The quantitative estimate of drug-likeness (QED) is 0.143. The van der Waals surface area contributed by atoms with E-state index < -0.39 is 24.3 Å². The maximum Gasteiger partial charge on any atom is 0.407 e. The number of carbonyl (C=O) groups is 4. The van der Waals surface area contributed by atoms with Crippen molar-refractivity contribution in [1.29, 1.82) is 0 Å². The molecule has 0 bridgehead atoms. The molecule has 3 aromatic heterocycles. The summed E-state index contributed by atoms with van der Waals surface area (Å²) in [4.78, 5) is 72.9. The van der Waals surface area contributed by atoms with Crippen molar-refractivity contribution >= 4 is 45.9 Å². The zero-order chi connectivity index (χ0) is 42.7. The minimum absolute atomic E-state index is 0.0447. The fourth-order valence-electron chi connectivity index (χ4n) is 9.56. The second kappa shape index (κ2) is 18.1. The number of aromatic nitrogens is 6. The second-order valence-corrected chi connectivity index (χ2v) is 16.5. The number of carbonyl (C=O) groups excluding carboxylic acids is 4. The Hall–Kier alpha value is -6.14. The van der Waals surface area contributed by atoms with Crippen molar-refractivity contribution in [3.05, 3.63) is 60.3 Å². The van der Waals surface area contributed by atoms with Crippen LogP contribution in [0.25, 0.3) is 44.5 Å². The number of nitrogens with zero attached hydrogens (tertiary/aromatic N) is 6. The number of benzene rings is 2. The molecule has 4 fully saturated rings. The highest BCUT2D eigenvalue weighted by Gasteiger charge is 2.42. The van der Waals surface area contributed by atoms with Crippen molar-refractivity contribution in [2.75, 3.05) is 53.7 Å². The van der Waals surface area contributed by atoms with Crippen LogP contribution < -0.4 is 10.6 Å². The van der Waals surface area contributed by atoms with E-state index in [-0.39, 0.29) is 35.7 Å². The molecule has 62 heavy (non-hydrogen) atoms. The van der Waals surface area contributed by atoms with Crippen molar-refractivity contribution < 1.29 is 38.1 Å². The Morgan fingerprint density at radius 1 is 0.694 bits per heavy atom. The van der Waals surface area contributed by atoms with E-state index in [0.717, 1.165) is 58.9 Å². The summed E-state index contributed by atoms with van der Waals surface area (Å²) in [5.41, 5.74) is 5.54. The molecule has 7 heterocycles. The van der Waals surface area contributed by atoms with E-state index in [1.165, 1.54) is 14.2 Å². The Morgan fingerprint density at radius 2 is 1.29 bits per heavy atom. The molecule has 0 saturated carbocycles. The van der Waals surface area contributed by atoms with Gasteiger partial charge in [0.15, 0.2) is 0 Å². The van der Waals surface area contributed by atoms with Crippen LogP contribution in [0, 0.1) is 11.8 Å². The van der Waals surface area contributed by atoms with Crippen LogP contribution in [0.1, 0.15) is 75.1 Å². The minimum atomic E-state index is -0.706. The summed E-state index contributed by atoms with van der Waals surface area (Å²) < 4.78 is 20.8. The molecule has 5 aromatic rings. The average molecular weight is 849 g/mol. The highest BCUT2D eigenvalue weighted by molar-refractivity contribution is 5.89. The van der Waals surface area contributed by atoms with E-state index in [0.29, 0.717) is 88.1 Å². The summed E-state index contributed by atoms with van der Waals surface area (Å²) in [6, 6.07) is 12.0. The molecule has 326 valence electrons. The number of nitrogens with one attached hydrogen (secondary N) is 4. The molecule has 18 heteroatoms. The fraction of sp³-hybridized carbons (Fsp3) is 0.500. The Balaban J connectivity index is 0.900. The van der Waals surface area contributed by atoms with Gasteiger partial charge in [-0.15, -0.1) is 10.2 Å². The largest absolute Gasteiger partial charge is 0.453 e. The topological polar surface area (TPSA) is 219 Å². The predicted molar refractivity (Wildman–Crippen MR) is 225 cm³/mol. The number of H-pyrrole nitrogens is 2. The van der Waals surface area contributed by atoms with Crippen molar-refractivity contribution in [3.63, 3.8) is 0 Å². The van der Waals surface area contributed by atoms with Crippen molar-refractivity contribution in [1.82, 2.24) is 50.6 Å². The van der Waals surface area contributed by atoms with Crippen molar-refractivity contribution in [3.8, 4) is 22.5 Å². The van der Waals surface area contributed by atoms with Crippen LogP contribution >= 0.6 is 0 Å². The van der Waals surface area contributed by atoms with Crippen LogP contribution in [0.4, 0.5) is 9.59 Å². The standard InChI is InChI=1S/C44H52N10O8/c1-59-43(57)49-37(25-11-17-61-18-12-25)41(55)53-15-3-5-35(53)39-45-24-34(48-39)29-8-7-27-21-31(51-52-32(27)22-29)28-9-10-30-33(23-28)47-40(46-30)36-6-4-16-54(36)42(56)38(50-44(58)60-2)26-13-19-62-20-14-26/h7-10,21-26,35-38H,3-6,11-20H2,1-2H3,(H,45,48)(H,46,47)(H,49,57)(H,50,58). The van der Waals surface area contributed by atoms with Gasteiger partial charge in [0.2, 0.25) is 11.8 Å². The lowest BCUT2D eigenvalue weighted by Crippen LogP contribution is -2.53. The van der Waals surface area contributed by atoms with Crippen LogP contribution in [0.2, 0.25) is 0 Å². The molecule has 4 aliphatic rings. The number of hydrogen-bond donors (Lipinski definition) is 4. The molecule has 4 atom stereocenters. The normalized spacial score (nSPS) is 20.9. The first-order valence-electron chi connectivity index (χ1n) is 21.6. The minimum Gasteiger partial charge on any atom is -0.453 e. The number of likely N-dealkylation sites (tertiary alicyclic amines) is 2. The van der Waals surface area contributed by atoms with Gasteiger partial charge in [0, 0.05) is 56.0 Å². The van der Waals surface area contributed by atoms with Gasteiger partial charge in [-0.1, -0.05) is 18.2 Å². The number of aromatic amines is 2. The molecule has 0 spiro atoms. The third kappa shape index (κ3) is 8.40. The number of hydrogen-bond acceptors (Lipinski definition) is 12. The third-order valence-corrected chi connectivity index (χ3v) is 12.9. The molecule has 0 radical (unpaired) electrons. The number of ether oxygens (including phenoxy) is 4. The summed E-state index contributed by atoms with van der Waals surface area (Å²) >= 11 is 0. The summed E-state index contributed by atoms with van der Waals surface area (Å²) in [7, 11) is 2.60. The molecule has 9 rings (SSSR count). The van der Waals surface area contributed by atoms with Crippen LogP contribution in [0.5, 0.6) is 0 Å². The van der Waals surface area contributed by atoms with Crippen molar-refractivity contribution in [2.24, 2.45) is 11.8 Å². The van der Waals surface area contributed by atoms with Gasteiger partial charge >= 0.3 is 12.2 Å². The number of imidazole rings is 2. The molecule has 4 saturated heterocycles. The van der Waals surface area contributed by atoms with Crippen molar-refractivity contribution in [2.45, 2.75) is 75.5 Å². The maximum absolute atomic E-state index is 14.1. The predicted octanol–water partition coefficient (Wildman–Crippen LogP) is 5.19. The average Bonchev–Trinajstić information content (AvgIpc) is 4.16. The van der Waals surface area contributed by atoms with E-state index in [9.17, 15) is 19.2 Å². The summed E-state index contributed by atoms with van der Waals surface area (Å²) in [6.45, 7) is 3.33. The number of amides is 4. The molecule has 4 aliphatic heterocycles. The molecule has 18 nitrogen and oxygen atoms in total. The molecule has 2 aromatic carbocycles. The lowest BCUT2D eigenvalue weighted by Gasteiger charge is -2.34. The van der Waals surface area contributed by atoms with Gasteiger partial charge in [-0.25, -0.2) is 19.6 Å². The SMILES string of the molecule is COC(=O)NC(C(=O)N1CCCC1c1ncc(-c2ccc3cc(-c4ccc5nc(C6CCCN6C(=O)C(NC(=O)OC)C6CCOCC6)[nH]c5c4)nnc3c2)[nH]1)C1CCOCC1. The van der Waals surface area contributed by atoms with Gasteiger partial charge in [-0.3, -0.25) is 9.59 Å². The third-order valence-electron chi connectivity index (χ3n) is 12.9. The first kappa shape index (κ1) is 41.2. The number of fused-ring (bicyclic) bond motifs is 2. The van der Waals surface area contributed by atoms with Crippen LogP contribution in [-0.2, 0) is 28.5 Å². The van der Waals surface area contributed by atoms with Gasteiger partial charge in [-0.2, -0.15) is 0 Å². The van der Waals surface area contributed by atoms with Gasteiger partial charge in [0.1, 0.15) is 23.7 Å². The summed E-state index contributed by atoms with van der Waals surface area (Å²) in [5, 5.41) is 15.7. The molecule has 4 unspecified atom stereocenters. The highest BCUT2D eigenvalue weighted by atomic mass is 16.5. The highest BCUT2D eigenvalue weighted by Crippen LogP contribution is 2.36. The van der Waals surface area contributed by atoms with Crippen LogP contribution in [0.15, 0.2) is 48.7 Å². The van der Waals surface area contributed by atoms with Gasteiger partial charge in [0.05, 0.1) is 60.4 Å². The number of rotatable bonds is 10. The summed E-state index contributed by atoms with van der Waals surface area (Å²) in [6.07, 6.45) is 6.39. The smallest absolute Gasteiger partial charge is 0.407 e. The molecular weight excluding hydrogens is 797 g/mol. The summed E-state index contributed by atoms with van der Waals surface area (Å²) in [5.74, 6) is 1.03. The van der Waals surface area contributed by atoms with E-state index in [1.807, 2.05) is 52.3 Å². The Kier molecular flexibility index (Phi) is 12.0. The lowest BCUT2D eigenvalue weighted by molar-refractivity contribution is -0.137. The Labute approximate surface area is 357 Å². The number of alkyl carbamates (subject to hydrolysis) is 2. The molecular formula is C44H52N10O8. The molecule has 4 N–H and O–H groups in total. The van der Waals surface area contributed by atoms with Gasteiger partial charge in [0.25, 0.3) is 0 Å². The zero-order valence-corrected chi connectivity index (χ0v) is 34.9. The molecule has 4 amide bonds. The molecule has 0 aliphatic carbocycles. The van der Waals surface area contributed by atoms with E-state index in [1.54, 1.807) is 6.20 Å². The van der Waals surface area contributed by atoms with Gasteiger partial charge < -0.3 is 49.3 Å². The van der Waals surface area contributed by atoms with E-state index >= 15 is 0 Å². The fourth-order valence-corrected chi connectivity index (χ4v) is 9.56.